The van der Waals surface area contributed by atoms with Crippen molar-refractivity contribution in [3.05, 3.63) is 58.7 Å². The minimum absolute atomic E-state index is 0.571. The number of hydrogen-bond donors (Lipinski definition) is 0. The maximum Gasteiger partial charge on any atom is 0.0474 e. The van der Waals surface area contributed by atoms with Crippen LogP contribution in [0.25, 0.3) is 11.1 Å². The number of rotatable bonds is 3. The Morgan fingerprint density at radius 1 is 0.944 bits per heavy atom. The first kappa shape index (κ1) is 13.2. The summed E-state index contributed by atoms with van der Waals surface area (Å²) in [5.74, 6) is 0.571. The normalized spacial score (nSPS) is 10.7. The lowest BCUT2D eigenvalue weighted by atomic mass is 9.92. The Kier molecular flexibility index (Phi) is 4.08. The predicted molar refractivity (Wildman–Crippen MR) is 80.3 cm³/mol. The topological polar surface area (TPSA) is 0 Å². The Bertz CT molecular complexity index is 556. The lowest BCUT2D eigenvalue weighted by Crippen LogP contribution is -1.93. The summed E-state index contributed by atoms with van der Waals surface area (Å²) in [5, 5.41) is 0. The molecule has 1 heteroatoms. The molecule has 0 heterocycles. The van der Waals surface area contributed by atoms with Crippen LogP contribution in [-0.4, -0.2) is 0 Å². The zero-order valence-electron chi connectivity index (χ0n) is 11.3. The first-order valence-corrected chi connectivity index (χ1v) is 6.94. The van der Waals surface area contributed by atoms with Gasteiger partial charge < -0.3 is 0 Å². The van der Waals surface area contributed by atoms with Gasteiger partial charge in [-0.05, 0) is 54.2 Å². The van der Waals surface area contributed by atoms with E-state index in [0.29, 0.717) is 5.88 Å². The molecule has 0 aliphatic carbocycles. The largest absolute Gasteiger partial charge is 0.122 e. The molecule has 2 aromatic rings. The molecule has 0 aromatic heterocycles. The fourth-order valence-corrected chi connectivity index (χ4v) is 2.46. The van der Waals surface area contributed by atoms with Gasteiger partial charge in [-0.25, -0.2) is 0 Å². The van der Waals surface area contributed by atoms with Crippen molar-refractivity contribution in [2.75, 3.05) is 0 Å². The second-order valence-electron chi connectivity index (χ2n) is 4.80. The van der Waals surface area contributed by atoms with E-state index < -0.39 is 0 Å². The van der Waals surface area contributed by atoms with Gasteiger partial charge in [-0.15, -0.1) is 11.6 Å². The maximum atomic E-state index is 5.95. The first-order chi connectivity index (χ1) is 8.65. The van der Waals surface area contributed by atoms with Gasteiger partial charge in [0.1, 0.15) is 0 Å². The van der Waals surface area contributed by atoms with Gasteiger partial charge in [-0.2, -0.15) is 0 Å². The summed E-state index contributed by atoms with van der Waals surface area (Å²) in [5.41, 5.74) is 7.86. The number of halogens is 1. The van der Waals surface area contributed by atoms with E-state index in [1.54, 1.807) is 0 Å². The number of benzene rings is 2. The van der Waals surface area contributed by atoms with E-state index >= 15 is 0 Å². The van der Waals surface area contributed by atoms with Crippen LogP contribution in [0.4, 0.5) is 0 Å². The second kappa shape index (κ2) is 5.58. The standard InChI is InChI=1S/C17H19Cl/c1-4-15-8-7-14(11-18)10-17(15)16-9-12(2)5-6-13(16)3/h5-10H,4,11H2,1-3H3. The van der Waals surface area contributed by atoms with Crippen LogP contribution >= 0.6 is 11.6 Å². The number of aryl methyl sites for hydroxylation is 3. The lowest BCUT2D eigenvalue weighted by molar-refractivity contribution is 1.13. The Morgan fingerprint density at radius 3 is 2.39 bits per heavy atom. The van der Waals surface area contributed by atoms with E-state index in [2.05, 4.69) is 57.2 Å². The highest BCUT2D eigenvalue weighted by molar-refractivity contribution is 6.17. The minimum Gasteiger partial charge on any atom is -0.122 e. The molecule has 0 aliphatic heterocycles. The molecule has 0 atom stereocenters. The van der Waals surface area contributed by atoms with Crippen LogP contribution in [0.2, 0.25) is 0 Å². The number of alkyl halides is 1. The Labute approximate surface area is 115 Å². The van der Waals surface area contributed by atoms with Crippen LogP contribution in [0.15, 0.2) is 36.4 Å². The van der Waals surface area contributed by atoms with E-state index in [9.17, 15) is 0 Å². The van der Waals surface area contributed by atoms with E-state index in [0.717, 1.165) is 6.42 Å². The molecule has 0 amide bonds. The van der Waals surface area contributed by atoms with Gasteiger partial charge in [0.2, 0.25) is 0 Å². The molecule has 0 radical (unpaired) electrons. The Hall–Kier alpha value is -1.27. The van der Waals surface area contributed by atoms with Crippen molar-refractivity contribution >= 4 is 11.6 Å². The van der Waals surface area contributed by atoms with E-state index in [-0.39, 0.29) is 0 Å². The lowest BCUT2D eigenvalue weighted by Gasteiger charge is -2.13. The van der Waals surface area contributed by atoms with Gasteiger partial charge in [0.25, 0.3) is 0 Å². The van der Waals surface area contributed by atoms with Crippen molar-refractivity contribution in [3.8, 4) is 11.1 Å². The Balaban J connectivity index is 2.64. The molecule has 0 N–H and O–H groups in total. The molecule has 0 saturated carbocycles. The summed E-state index contributed by atoms with van der Waals surface area (Å²) in [7, 11) is 0. The molecule has 0 saturated heterocycles. The molecule has 2 aromatic carbocycles. The van der Waals surface area contributed by atoms with Crippen LogP contribution in [0.5, 0.6) is 0 Å². The van der Waals surface area contributed by atoms with Crippen molar-refractivity contribution in [3.63, 3.8) is 0 Å². The van der Waals surface area contributed by atoms with Crippen LogP contribution in [0, 0.1) is 13.8 Å². The summed E-state index contributed by atoms with van der Waals surface area (Å²) in [4.78, 5) is 0. The van der Waals surface area contributed by atoms with Gasteiger partial charge in [0.05, 0.1) is 0 Å². The van der Waals surface area contributed by atoms with E-state index in [1.165, 1.54) is 33.4 Å². The monoisotopic (exact) mass is 258 g/mol. The first-order valence-electron chi connectivity index (χ1n) is 6.41. The highest BCUT2D eigenvalue weighted by Crippen LogP contribution is 2.29. The van der Waals surface area contributed by atoms with Crippen molar-refractivity contribution in [2.24, 2.45) is 0 Å². The molecular formula is C17H19Cl. The molecule has 94 valence electrons. The third-order valence-electron chi connectivity index (χ3n) is 3.39. The third kappa shape index (κ3) is 2.59. The highest BCUT2D eigenvalue weighted by atomic mass is 35.5. The minimum atomic E-state index is 0.571. The van der Waals surface area contributed by atoms with Gasteiger partial charge in [-0.1, -0.05) is 42.8 Å². The van der Waals surface area contributed by atoms with Gasteiger partial charge >= 0.3 is 0 Å². The molecule has 0 fully saturated rings. The van der Waals surface area contributed by atoms with E-state index in [1.807, 2.05) is 0 Å². The van der Waals surface area contributed by atoms with Crippen molar-refractivity contribution < 1.29 is 0 Å². The zero-order chi connectivity index (χ0) is 13.1. The molecule has 18 heavy (non-hydrogen) atoms. The molecule has 0 nitrogen and oxygen atoms in total. The average Bonchev–Trinajstić information content (AvgIpc) is 2.40. The maximum absolute atomic E-state index is 5.95. The quantitative estimate of drug-likeness (QED) is 0.658. The molecule has 0 bridgehead atoms. The van der Waals surface area contributed by atoms with E-state index in [4.69, 9.17) is 11.6 Å². The van der Waals surface area contributed by atoms with Crippen molar-refractivity contribution in [2.45, 2.75) is 33.1 Å². The smallest absolute Gasteiger partial charge is 0.0474 e. The van der Waals surface area contributed by atoms with Crippen LogP contribution < -0.4 is 0 Å². The zero-order valence-corrected chi connectivity index (χ0v) is 12.0. The van der Waals surface area contributed by atoms with Crippen LogP contribution in [0.3, 0.4) is 0 Å². The second-order valence-corrected chi connectivity index (χ2v) is 5.06. The fraction of sp³-hybridized carbons (Fsp3) is 0.294. The number of hydrogen-bond acceptors (Lipinski definition) is 0. The molecular weight excluding hydrogens is 240 g/mol. The molecule has 0 aliphatic rings. The highest BCUT2D eigenvalue weighted by Gasteiger charge is 2.08. The van der Waals surface area contributed by atoms with Crippen LogP contribution in [0.1, 0.15) is 29.2 Å². The summed E-state index contributed by atoms with van der Waals surface area (Å²) in [6, 6.07) is 13.2. The fourth-order valence-electron chi connectivity index (χ4n) is 2.29. The SMILES string of the molecule is CCc1ccc(CCl)cc1-c1cc(C)ccc1C. The predicted octanol–water partition coefficient (Wildman–Crippen LogP) is 5.27. The molecule has 0 spiro atoms. The van der Waals surface area contributed by atoms with Gasteiger partial charge in [-0.3, -0.25) is 0 Å². The third-order valence-corrected chi connectivity index (χ3v) is 3.70. The van der Waals surface area contributed by atoms with Crippen molar-refractivity contribution in [1.82, 2.24) is 0 Å². The average molecular weight is 259 g/mol. The summed E-state index contributed by atoms with van der Waals surface area (Å²) in [6.45, 7) is 6.51. The van der Waals surface area contributed by atoms with Gasteiger partial charge in [0, 0.05) is 5.88 Å². The van der Waals surface area contributed by atoms with Gasteiger partial charge in [0.15, 0.2) is 0 Å². The van der Waals surface area contributed by atoms with Crippen LogP contribution in [-0.2, 0) is 12.3 Å². The summed E-state index contributed by atoms with van der Waals surface area (Å²) >= 11 is 5.95. The summed E-state index contributed by atoms with van der Waals surface area (Å²) in [6.07, 6.45) is 1.05. The molecule has 2 rings (SSSR count). The summed E-state index contributed by atoms with van der Waals surface area (Å²) < 4.78 is 0. The van der Waals surface area contributed by atoms with Crippen molar-refractivity contribution in [1.29, 1.82) is 0 Å². The Morgan fingerprint density at radius 2 is 1.72 bits per heavy atom. The molecule has 0 unspecified atom stereocenters.